The van der Waals surface area contributed by atoms with Crippen molar-refractivity contribution in [2.75, 3.05) is 32.1 Å². The number of hydrogen-bond acceptors (Lipinski definition) is 9. The summed E-state index contributed by atoms with van der Waals surface area (Å²) in [6.45, 7) is 2.37. The first kappa shape index (κ1) is 33.3. The number of halogens is 2. The summed E-state index contributed by atoms with van der Waals surface area (Å²) in [5.74, 6) is -0.0863. The summed E-state index contributed by atoms with van der Waals surface area (Å²) in [6, 6.07) is 10.9. The van der Waals surface area contributed by atoms with Crippen molar-refractivity contribution in [2.24, 2.45) is 12.8 Å². The fraction of sp³-hybridized carbons (Fsp3) is 0.333. The summed E-state index contributed by atoms with van der Waals surface area (Å²) in [5, 5.41) is 9.79. The minimum atomic E-state index is -0.431. The molecule has 48 heavy (non-hydrogen) atoms. The van der Waals surface area contributed by atoms with Crippen LogP contribution in [-0.4, -0.2) is 74.9 Å². The molecule has 3 amide bonds. The van der Waals surface area contributed by atoms with E-state index < -0.39 is 11.8 Å². The maximum Gasteiger partial charge on any atom is 0.291 e. The first-order valence-electron chi connectivity index (χ1n) is 15.5. The third kappa shape index (κ3) is 6.99. The third-order valence-corrected chi connectivity index (χ3v) is 9.30. The lowest BCUT2D eigenvalue weighted by Gasteiger charge is -2.25. The molecule has 13 nitrogen and oxygen atoms in total. The number of methoxy groups -OCH3 is 1. The molecule has 250 valence electrons. The van der Waals surface area contributed by atoms with Crippen LogP contribution in [0.2, 0.25) is 10.0 Å². The average molecular weight is 693 g/mol. The summed E-state index contributed by atoms with van der Waals surface area (Å²) in [4.78, 5) is 52.0. The number of nitrogens with zero attached hydrogens (tertiary/aromatic N) is 5. The SMILES string of the molecule is COc1nc(-c2ccnc(-c3cccc(NC(=O)c4nc5c(n4C)CCN(CC(N)=O)C5)c3Cl)c2Cl)ccc1CNC[C@@H]1CCC(=O)N1. The molecule has 2 aliphatic heterocycles. The minimum absolute atomic E-state index is 0.0799. The molecule has 1 fully saturated rings. The highest BCUT2D eigenvalue weighted by Crippen LogP contribution is 2.40. The molecule has 0 bridgehead atoms. The summed E-state index contributed by atoms with van der Waals surface area (Å²) in [6.07, 6.45) is 3.63. The van der Waals surface area contributed by atoms with E-state index in [1.165, 1.54) is 0 Å². The summed E-state index contributed by atoms with van der Waals surface area (Å²) >= 11 is 13.8. The van der Waals surface area contributed by atoms with Gasteiger partial charge in [0.15, 0.2) is 5.82 Å². The Balaban J connectivity index is 1.20. The zero-order valence-electron chi connectivity index (χ0n) is 26.5. The van der Waals surface area contributed by atoms with Gasteiger partial charge in [-0.3, -0.25) is 24.3 Å². The standard InChI is InChI=1S/C33H35Cl2N9O4/c1-43-25-11-13-44(17-26(36)45)16-24(25)40-31(43)32(47)41-23-5-3-4-21(28(23)34)30-29(35)20(10-12-38-30)22-8-6-18(33(42-22)48-2)14-37-15-19-7-9-27(46)39-19/h3-6,8,10,12,19,37H,7,9,11,13-17H2,1-2H3,(H2,36,45)(H,39,46)(H,41,47)/t19-/m0/s1. The van der Waals surface area contributed by atoms with E-state index >= 15 is 0 Å². The van der Waals surface area contributed by atoms with E-state index in [1.807, 2.05) is 17.0 Å². The van der Waals surface area contributed by atoms with Crippen LogP contribution in [0.3, 0.4) is 0 Å². The zero-order valence-corrected chi connectivity index (χ0v) is 28.0. The first-order chi connectivity index (χ1) is 23.1. The van der Waals surface area contributed by atoms with Gasteiger partial charge in [0.1, 0.15) is 0 Å². The van der Waals surface area contributed by atoms with Crippen molar-refractivity contribution in [3.63, 3.8) is 0 Å². The number of benzene rings is 1. The van der Waals surface area contributed by atoms with Gasteiger partial charge in [-0.15, -0.1) is 0 Å². The molecule has 4 aromatic rings. The number of nitrogens with one attached hydrogen (secondary N) is 3. The van der Waals surface area contributed by atoms with Crippen molar-refractivity contribution in [3.8, 4) is 28.4 Å². The molecular weight excluding hydrogens is 657 g/mol. The summed E-state index contributed by atoms with van der Waals surface area (Å²) in [5.41, 5.74) is 10.4. The van der Waals surface area contributed by atoms with Crippen molar-refractivity contribution in [2.45, 2.75) is 38.4 Å². The third-order valence-electron chi connectivity index (χ3n) is 8.51. The van der Waals surface area contributed by atoms with E-state index in [9.17, 15) is 14.4 Å². The Bertz CT molecular complexity index is 1900. The molecular formula is C33H35Cl2N9O4. The number of rotatable bonds is 11. The quantitative estimate of drug-likeness (QED) is 0.184. The van der Waals surface area contributed by atoms with E-state index in [-0.39, 0.29) is 29.3 Å². The summed E-state index contributed by atoms with van der Waals surface area (Å²) in [7, 11) is 3.35. The number of hydrogen-bond donors (Lipinski definition) is 4. The normalized spacial score (nSPS) is 16.0. The van der Waals surface area contributed by atoms with Crippen LogP contribution in [-0.2, 0) is 36.1 Å². The largest absolute Gasteiger partial charge is 0.481 e. The molecule has 6 rings (SSSR count). The number of nitrogens with two attached hydrogens (primary N) is 1. The van der Waals surface area contributed by atoms with E-state index in [1.54, 1.807) is 49.2 Å². The van der Waals surface area contributed by atoms with Crippen molar-refractivity contribution in [1.82, 2.24) is 35.1 Å². The smallest absolute Gasteiger partial charge is 0.291 e. The Morgan fingerprint density at radius 2 is 1.94 bits per heavy atom. The number of anilines is 1. The lowest BCUT2D eigenvalue weighted by atomic mass is 10.1. The van der Waals surface area contributed by atoms with Gasteiger partial charge in [-0.05, 0) is 24.6 Å². The molecule has 2 aliphatic rings. The maximum absolute atomic E-state index is 13.4. The van der Waals surface area contributed by atoms with Gasteiger partial charge in [-0.25, -0.2) is 9.97 Å². The maximum atomic E-state index is 13.4. The second-order valence-electron chi connectivity index (χ2n) is 11.8. The molecule has 3 aromatic heterocycles. The number of fused-ring (bicyclic) bond motifs is 1. The molecule has 1 saturated heterocycles. The van der Waals surface area contributed by atoms with Crippen LogP contribution in [0, 0.1) is 0 Å². The predicted octanol–water partition coefficient (Wildman–Crippen LogP) is 3.32. The first-order valence-corrected chi connectivity index (χ1v) is 16.2. The Kier molecular flexibility index (Phi) is 9.92. The molecule has 5 N–H and O–H groups in total. The van der Waals surface area contributed by atoms with Gasteiger partial charge >= 0.3 is 0 Å². The Morgan fingerprint density at radius 1 is 1.10 bits per heavy atom. The van der Waals surface area contributed by atoms with Crippen molar-refractivity contribution in [1.29, 1.82) is 0 Å². The molecule has 1 atom stereocenters. The van der Waals surface area contributed by atoms with Crippen LogP contribution in [0.1, 0.15) is 40.4 Å². The van der Waals surface area contributed by atoms with Crippen molar-refractivity contribution < 1.29 is 19.1 Å². The molecule has 0 saturated carbocycles. The molecule has 0 aliphatic carbocycles. The van der Waals surface area contributed by atoms with E-state index in [2.05, 4.69) is 25.9 Å². The van der Waals surface area contributed by atoms with Gasteiger partial charge in [-0.1, -0.05) is 41.4 Å². The van der Waals surface area contributed by atoms with Crippen molar-refractivity contribution >= 4 is 46.6 Å². The van der Waals surface area contributed by atoms with Crippen LogP contribution in [0.5, 0.6) is 5.88 Å². The van der Waals surface area contributed by atoms with Crippen LogP contribution in [0.25, 0.3) is 22.5 Å². The highest BCUT2D eigenvalue weighted by molar-refractivity contribution is 6.39. The van der Waals surface area contributed by atoms with Crippen LogP contribution in [0.15, 0.2) is 42.6 Å². The highest BCUT2D eigenvalue weighted by Gasteiger charge is 2.27. The van der Waals surface area contributed by atoms with Gasteiger partial charge < -0.3 is 31.0 Å². The second kappa shape index (κ2) is 14.3. The highest BCUT2D eigenvalue weighted by atomic mass is 35.5. The van der Waals surface area contributed by atoms with E-state index in [4.69, 9.17) is 38.7 Å². The van der Waals surface area contributed by atoms with Crippen LogP contribution < -0.4 is 26.4 Å². The van der Waals surface area contributed by atoms with Crippen LogP contribution >= 0.6 is 23.2 Å². The van der Waals surface area contributed by atoms with Gasteiger partial charge in [0.25, 0.3) is 5.91 Å². The molecule has 15 heteroatoms. The fourth-order valence-electron chi connectivity index (χ4n) is 6.10. The van der Waals surface area contributed by atoms with E-state index in [0.717, 1.165) is 23.4 Å². The number of imidazole rings is 1. The molecule has 0 unspecified atom stereocenters. The lowest BCUT2D eigenvalue weighted by molar-refractivity contribution is -0.120. The Morgan fingerprint density at radius 3 is 2.69 bits per heavy atom. The Hall–Kier alpha value is -4.56. The fourth-order valence-corrected chi connectivity index (χ4v) is 6.67. The number of aromatic nitrogens is 4. The monoisotopic (exact) mass is 691 g/mol. The van der Waals surface area contributed by atoms with Gasteiger partial charge in [-0.2, -0.15) is 0 Å². The number of carbonyl (C=O) groups excluding carboxylic acids is 3. The average Bonchev–Trinajstić information content (AvgIpc) is 3.63. The lowest BCUT2D eigenvalue weighted by Crippen LogP contribution is -2.37. The predicted molar refractivity (Wildman–Crippen MR) is 182 cm³/mol. The number of ether oxygens (including phenoxy) is 1. The number of amides is 3. The van der Waals surface area contributed by atoms with Gasteiger partial charge in [0.05, 0.1) is 46.5 Å². The second-order valence-corrected chi connectivity index (χ2v) is 12.5. The minimum Gasteiger partial charge on any atom is -0.481 e. The van der Waals surface area contributed by atoms with Gasteiger partial charge in [0, 0.05) is 80.7 Å². The number of primary amides is 1. The van der Waals surface area contributed by atoms with Gasteiger partial charge in [0.2, 0.25) is 17.7 Å². The molecule has 5 heterocycles. The summed E-state index contributed by atoms with van der Waals surface area (Å²) < 4.78 is 7.36. The van der Waals surface area contributed by atoms with Crippen molar-refractivity contribution in [3.05, 3.63) is 75.4 Å². The zero-order chi connectivity index (χ0) is 33.9. The number of pyridine rings is 2. The Labute approximate surface area is 287 Å². The topological polar surface area (TPSA) is 169 Å². The molecule has 0 radical (unpaired) electrons. The van der Waals surface area contributed by atoms with E-state index in [0.29, 0.717) is 78.1 Å². The number of carbonyl (C=O) groups is 3. The van der Waals surface area contributed by atoms with Crippen LogP contribution in [0.4, 0.5) is 5.69 Å². The molecule has 1 aromatic carbocycles. The molecule has 0 spiro atoms.